The smallest absolute Gasteiger partial charge is 0.124 e. The Morgan fingerprint density at radius 1 is 0.889 bits per heavy atom. The minimum atomic E-state index is 0.532. The molecule has 3 rings (SSSR count). The Labute approximate surface area is 105 Å². The second kappa shape index (κ2) is 4.11. The summed E-state index contributed by atoms with van der Waals surface area (Å²) in [6.07, 6.45) is 0. The van der Waals surface area contributed by atoms with Gasteiger partial charge < -0.3 is 5.73 Å². The van der Waals surface area contributed by atoms with Gasteiger partial charge in [0.2, 0.25) is 0 Å². The van der Waals surface area contributed by atoms with Crippen LogP contribution in [-0.4, -0.2) is 9.97 Å². The summed E-state index contributed by atoms with van der Waals surface area (Å²) in [6.45, 7) is 1.99. The molecule has 3 heteroatoms. The van der Waals surface area contributed by atoms with E-state index in [1.807, 2.05) is 43.3 Å². The summed E-state index contributed by atoms with van der Waals surface area (Å²) >= 11 is 0. The Hall–Kier alpha value is -2.42. The van der Waals surface area contributed by atoms with E-state index in [0.29, 0.717) is 5.82 Å². The van der Waals surface area contributed by atoms with Gasteiger partial charge in [0.1, 0.15) is 5.82 Å². The van der Waals surface area contributed by atoms with Crippen LogP contribution in [0, 0.1) is 6.92 Å². The molecule has 0 fully saturated rings. The third-order valence-corrected chi connectivity index (χ3v) is 2.92. The van der Waals surface area contributed by atoms with E-state index in [9.17, 15) is 0 Å². The van der Waals surface area contributed by atoms with Crippen LogP contribution in [0.4, 0.5) is 5.82 Å². The number of anilines is 1. The molecule has 1 aromatic carbocycles. The monoisotopic (exact) mass is 235 g/mol. The predicted molar refractivity (Wildman–Crippen MR) is 74.1 cm³/mol. The molecule has 0 saturated carbocycles. The van der Waals surface area contributed by atoms with Crippen molar-refractivity contribution >= 4 is 16.7 Å². The van der Waals surface area contributed by atoms with E-state index in [-0.39, 0.29) is 0 Å². The third kappa shape index (κ3) is 1.80. The number of hydrogen-bond donors (Lipinski definition) is 1. The van der Waals surface area contributed by atoms with Gasteiger partial charge in [0, 0.05) is 16.6 Å². The van der Waals surface area contributed by atoms with Crippen LogP contribution in [0.25, 0.3) is 22.2 Å². The summed E-state index contributed by atoms with van der Waals surface area (Å²) in [5.74, 6) is 0.532. The lowest BCUT2D eigenvalue weighted by atomic mass is 10.0. The summed E-state index contributed by atoms with van der Waals surface area (Å²) in [4.78, 5) is 8.89. The first-order chi connectivity index (χ1) is 8.74. The average Bonchev–Trinajstić information content (AvgIpc) is 2.37. The maximum absolute atomic E-state index is 5.74. The van der Waals surface area contributed by atoms with Crippen molar-refractivity contribution in [2.45, 2.75) is 6.92 Å². The molecule has 0 radical (unpaired) electrons. The highest BCUT2D eigenvalue weighted by Crippen LogP contribution is 2.26. The summed E-state index contributed by atoms with van der Waals surface area (Å²) < 4.78 is 0. The lowest BCUT2D eigenvalue weighted by Gasteiger charge is -2.06. The first kappa shape index (κ1) is 10.7. The molecular weight excluding hydrogens is 222 g/mol. The molecule has 0 aliphatic carbocycles. The first-order valence-electron chi connectivity index (χ1n) is 5.83. The molecule has 0 saturated heterocycles. The molecule has 3 aromatic rings. The van der Waals surface area contributed by atoms with Gasteiger partial charge in [-0.1, -0.05) is 24.3 Å². The van der Waals surface area contributed by atoms with Gasteiger partial charge in [-0.25, -0.2) is 4.98 Å². The fraction of sp³-hybridized carbons (Fsp3) is 0.0667. The third-order valence-electron chi connectivity index (χ3n) is 2.92. The van der Waals surface area contributed by atoms with Crippen LogP contribution in [0.1, 0.15) is 5.69 Å². The molecule has 0 aliphatic heterocycles. The molecular formula is C15H13N3. The van der Waals surface area contributed by atoms with Crippen molar-refractivity contribution in [2.24, 2.45) is 0 Å². The highest BCUT2D eigenvalue weighted by atomic mass is 14.8. The lowest BCUT2D eigenvalue weighted by Crippen LogP contribution is -1.92. The van der Waals surface area contributed by atoms with E-state index in [0.717, 1.165) is 27.9 Å². The summed E-state index contributed by atoms with van der Waals surface area (Å²) in [5, 5.41) is 1.10. The molecule has 0 atom stereocenters. The fourth-order valence-corrected chi connectivity index (χ4v) is 2.08. The Balaban J connectivity index is 2.29. The number of nitrogen functional groups attached to an aromatic ring is 1. The Morgan fingerprint density at radius 2 is 1.72 bits per heavy atom. The van der Waals surface area contributed by atoms with Crippen molar-refractivity contribution in [1.82, 2.24) is 9.97 Å². The second-order valence-electron chi connectivity index (χ2n) is 4.27. The average molecular weight is 235 g/mol. The number of benzene rings is 1. The van der Waals surface area contributed by atoms with Crippen LogP contribution in [0.3, 0.4) is 0 Å². The summed E-state index contributed by atoms with van der Waals surface area (Å²) in [6, 6.07) is 15.8. The lowest BCUT2D eigenvalue weighted by molar-refractivity contribution is 1.25. The maximum atomic E-state index is 5.74. The van der Waals surface area contributed by atoms with Crippen molar-refractivity contribution in [3.63, 3.8) is 0 Å². The maximum Gasteiger partial charge on any atom is 0.124 e. The number of rotatable bonds is 1. The number of aromatic nitrogens is 2. The molecule has 0 spiro atoms. The highest BCUT2D eigenvalue weighted by molar-refractivity contribution is 5.93. The fourth-order valence-electron chi connectivity index (χ4n) is 2.08. The van der Waals surface area contributed by atoms with Crippen LogP contribution in [-0.2, 0) is 0 Å². The molecule has 3 nitrogen and oxygen atoms in total. The van der Waals surface area contributed by atoms with Crippen LogP contribution in [0.5, 0.6) is 0 Å². The van der Waals surface area contributed by atoms with Crippen LogP contribution in [0.2, 0.25) is 0 Å². The standard InChI is InChI=1S/C15H13N3/c1-10-8-9-12-11(4-2-5-13(12)17-10)14-6-3-7-15(16)18-14/h2-9H,1H3,(H2,16,18). The quantitative estimate of drug-likeness (QED) is 0.704. The van der Waals surface area contributed by atoms with Crippen molar-refractivity contribution in [3.05, 3.63) is 54.2 Å². The molecule has 88 valence electrons. The normalized spacial score (nSPS) is 10.7. The van der Waals surface area contributed by atoms with Crippen molar-refractivity contribution in [2.75, 3.05) is 5.73 Å². The second-order valence-corrected chi connectivity index (χ2v) is 4.27. The molecule has 2 aromatic heterocycles. The Morgan fingerprint density at radius 3 is 2.56 bits per heavy atom. The molecule has 0 unspecified atom stereocenters. The van der Waals surface area contributed by atoms with Gasteiger partial charge in [-0.2, -0.15) is 0 Å². The van der Waals surface area contributed by atoms with Crippen molar-refractivity contribution in [1.29, 1.82) is 0 Å². The van der Waals surface area contributed by atoms with E-state index in [1.54, 1.807) is 6.07 Å². The van der Waals surface area contributed by atoms with Crippen molar-refractivity contribution in [3.8, 4) is 11.3 Å². The van der Waals surface area contributed by atoms with Crippen molar-refractivity contribution < 1.29 is 0 Å². The van der Waals surface area contributed by atoms with Gasteiger partial charge in [0.15, 0.2) is 0 Å². The minimum absolute atomic E-state index is 0.532. The van der Waals surface area contributed by atoms with Crippen LogP contribution >= 0.6 is 0 Å². The number of hydrogen-bond acceptors (Lipinski definition) is 3. The number of fused-ring (bicyclic) bond motifs is 1. The zero-order chi connectivity index (χ0) is 12.5. The molecule has 18 heavy (non-hydrogen) atoms. The van der Waals surface area contributed by atoms with Gasteiger partial charge in [0.25, 0.3) is 0 Å². The van der Waals surface area contributed by atoms with Gasteiger partial charge >= 0.3 is 0 Å². The van der Waals surface area contributed by atoms with E-state index in [4.69, 9.17) is 5.73 Å². The van der Waals surface area contributed by atoms with Crippen LogP contribution < -0.4 is 5.73 Å². The molecule has 2 N–H and O–H groups in total. The molecule has 2 heterocycles. The van der Waals surface area contributed by atoms with E-state index < -0.39 is 0 Å². The molecule has 0 aliphatic rings. The number of pyridine rings is 2. The van der Waals surface area contributed by atoms with Gasteiger partial charge in [-0.15, -0.1) is 0 Å². The topological polar surface area (TPSA) is 51.8 Å². The Bertz CT molecular complexity index is 720. The zero-order valence-electron chi connectivity index (χ0n) is 10.1. The van der Waals surface area contributed by atoms with E-state index >= 15 is 0 Å². The summed E-state index contributed by atoms with van der Waals surface area (Å²) in [5.41, 5.74) is 9.68. The highest BCUT2D eigenvalue weighted by Gasteiger charge is 2.05. The number of nitrogens with zero attached hydrogens (tertiary/aromatic N) is 2. The van der Waals surface area contributed by atoms with Gasteiger partial charge in [-0.05, 0) is 31.2 Å². The SMILES string of the molecule is Cc1ccc2c(-c3cccc(N)n3)cccc2n1. The number of nitrogens with two attached hydrogens (primary N) is 1. The zero-order valence-corrected chi connectivity index (χ0v) is 10.1. The van der Waals surface area contributed by atoms with Crippen LogP contribution in [0.15, 0.2) is 48.5 Å². The molecule has 0 bridgehead atoms. The first-order valence-corrected chi connectivity index (χ1v) is 5.83. The van der Waals surface area contributed by atoms with Gasteiger partial charge in [0.05, 0.1) is 11.2 Å². The predicted octanol–water partition coefficient (Wildman–Crippen LogP) is 3.19. The largest absolute Gasteiger partial charge is 0.384 e. The number of aryl methyl sites for hydroxylation is 1. The Kier molecular flexibility index (Phi) is 2.45. The van der Waals surface area contributed by atoms with E-state index in [2.05, 4.69) is 16.0 Å². The minimum Gasteiger partial charge on any atom is -0.384 e. The molecule has 0 amide bonds. The van der Waals surface area contributed by atoms with Gasteiger partial charge in [-0.3, -0.25) is 4.98 Å². The summed E-state index contributed by atoms with van der Waals surface area (Å²) in [7, 11) is 0. The van der Waals surface area contributed by atoms with E-state index in [1.165, 1.54) is 0 Å².